The Balaban J connectivity index is 1.74. The van der Waals surface area contributed by atoms with Gasteiger partial charge in [-0.2, -0.15) is 4.68 Å². The van der Waals surface area contributed by atoms with Gasteiger partial charge in [0.05, 0.1) is 17.1 Å². The number of carbonyl (C=O) groups is 1. The first kappa shape index (κ1) is 13.9. The molecule has 8 heteroatoms. The zero-order chi connectivity index (χ0) is 14.7. The van der Waals surface area contributed by atoms with E-state index < -0.39 is 0 Å². The Morgan fingerprint density at radius 1 is 1.29 bits per heavy atom. The zero-order valence-corrected chi connectivity index (χ0v) is 13.1. The molecule has 21 heavy (non-hydrogen) atoms. The maximum Gasteiger partial charge on any atom is 0.261 e. The molecule has 1 N–H and O–H groups in total. The van der Waals surface area contributed by atoms with E-state index >= 15 is 0 Å². The number of nitrogens with one attached hydrogen (secondary N) is 1. The van der Waals surface area contributed by atoms with Gasteiger partial charge in [-0.05, 0) is 46.1 Å². The van der Waals surface area contributed by atoms with E-state index in [1.807, 2.05) is 35.7 Å². The lowest BCUT2D eigenvalue weighted by molar-refractivity contribution is 0.0953. The van der Waals surface area contributed by atoms with E-state index in [2.05, 4.69) is 36.8 Å². The van der Waals surface area contributed by atoms with Crippen LogP contribution in [0, 0.1) is 0 Å². The Labute approximate surface area is 132 Å². The first-order chi connectivity index (χ1) is 10.2. The van der Waals surface area contributed by atoms with Crippen molar-refractivity contribution in [3.05, 3.63) is 57.0 Å². The average molecular weight is 364 g/mol. The predicted octanol–water partition coefficient (Wildman–Crippen LogP) is 2.42. The normalized spacial score (nSPS) is 10.5. The number of benzene rings is 1. The van der Waals surface area contributed by atoms with Gasteiger partial charge in [-0.3, -0.25) is 4.79 Å². The number of tetrazole rings is 1. The number of thiophene rings is 1. The Morgan fingerprint density at radius 2 is 2.10 bits per heavy atom. The average Bonchev–Trinajstić information content (AvgIpc) is 3.17. The smallest absolute Gasteiger partial charge is 0.261 e. The third-order valence-electron chi connectivity index (χ3n) is 2.76. The number of amides is 1. The van der Waals surface area contributed by atoms with Crippen molar-refractivity contribution in [1.29, 1.82) is 0 Å². The summed E-state index contributed by atoms with van der Waals surface area (Å²) in [6.07, 6.45) is 0. The molecule has 6 nitrogen and oxygen atoms in total. The summed E-state index contributed by atoms with van der Waals surface area (Å²) in [7, 11) is 0. The molecule has 0 spiro atoms. The number of nitrogens with zero attached hydrogens (tertiary/aromatic N) is 4. The van der Waals surface area contributed by atoms with E-state index in [0.717, 1.165) is 10.2 Å². The summed E-state index contributed by atoms with van der Waals surface area (Å²) in [6, 6.07) is 11.2. The Kier molecular flexibility index (Phi) is 4.07. The largest absolute Gasteiger partial charge is 0.344 e. The van der Waals surface area contributed by atoms with Crippen LogP contribution < -0.4 is 5.32 Å². The Hall–Kier alpha value is -2.06. The molecule has 0 aliphatic rings. The van der Waals surface area contributed by atoms with Crippen LogP contribution in [0.15, 0.2) is 46.3 Å². The summed E-state index contributed by atoms with van der Waals surface area (Å²) in [5, 5.41) is 16.2. The van der Waals surface area contributed by atoms with Crippen LogP contribution in [0.25, 0.3) is 5.69 Å². The summed E-state index contributed by atoms with van der Waals surface area (Å²) >= 11 is 4.78. The van der Waals surface area contributed by atoms with E-state index in [1.165, 1.54) is 11.3 Å². The highest BCUT2D eigenvalue weighted by Gasteiger charge is 2.11. The van der Waals surface area contributed by atoms with E-state index in [9.17, 15) is 4.79 Å². The second-order valence-electron chi connectivity index (χ2n) is 4.14. The van der Waals surface area contributed by atoms with Crippen LogP contribution in [-0.4, -0.2) is 26.1 Å². The summed E-state index contributed by atoms with van der Waals surface area (Å²) in [5.41, 5.74) is 0.837. The van der Waals surface area contributed by atoms with Gasteiger partial charge in [-0.15, -0.1) is 16.4 Å². The van der Waals surface area contributed by atoms with Gasteiger partial charge in [0.2, 0.25) is 0 Å². The van der Waals surface area contributed by atoms with Crippen molar-refractivity contribution in [2.45, 2.75) is 6.54 Å². The molecule has 2 heterocycles. The lowest BCUT2D eigenvalue weighted by atomic mass is 10.3. The lowest BCUT2D eigenvalue weighted by Gasteiger charge is -2.05. The third-order valence-corrected chi connectivity index (χ3v) is 4.15. The molecule has 3 rings (SSSR count). The highest BCUT2D eigenvalue weighted by atomic mass is 79.9. The molecule has 1 amide bonds. The van der Waals surface area contributed by atoms with Crippen molar-refractivity contribution in [3.63, 3.8) is 0 Å². The first-order valence-corrected chi connectivity index (χ1v) is 7.76. The van der Waals surface area contributed by atoms with Crippen molar-refractivity contribution in [2.75, 3.05) is 0 Å². The number of rotatable bonds is 4. The molecule has 0 aliphatic carbocycles. The minimum Gasteiger partial charge on any atom is -0.344 e. The summed E-state index contributed by atoms with van der Waals surface area (Å²) < 4.78 is 2.58. The fourth-order valence-corrected chi connectivity index (χ4v) is 2.66. The minimum absolute atomic E-state index is 0.129. The van der Waals surface area contributed by atoms with Crippen LogP contribution in [-0.2, 0) is 6.54 Å². The van der Waals surface area contributed by atoms with Gasteiger partial charge in [-0.25, -0.2) is 0 Å². The molecular formula is C13H10BrN5OS. The molecule has 1 aromatic carbocycles. The molecule has 3 aromatic rings. The number of carbonyl (C=O) groups excluding carboxylic acids is 1. The summed E-state index contributed by atoms with van der Waals surface area (Å²) in [6.45, 7) is 0.264. The van der Waals surface area contributed by atoms with Crippen LogP contribution in [0.1, 0.15) is 15.5 Å². The van der Waals surface area contributed by atoms with Crippen molar-refractivity contribution in [2.24, 2.45) is 0 Å². The second-order valence-corrected chi connectivity index (χ2v) is 6.01. The molecule has 106 valence electrons. The quantitative estimate of drug-likeness (QED) is 0.772. The molecule has 0 aliphatic heterocycles. The molecule has 0 bridgehead atoms. The van der Waals surface area contributed by atoms with E-state index in [1.54, 1.807) is 10.7 Å². The van der Waals surface area contributed by atoms with Crippen molar-refractivity contribution in [1.82, 2.24) is 25.5 Å². The molecule has 2 aromatic heterocycles. The van der Waals surface area contributed by atoms with Gasteiger partial charge in [0.1, 0.15) is 0 Å². The molecule has 0 radical (unpaired) electrons. The maximum absolute atomic E-state index is 11.9. The van der Waals surface area contributed by atoms with E-state index in [4.69, 9.17) is 0 Å². The van der Waals surface area contributed by atoms with Crippen LogP contribution in [0.3, 0.4) is 0 Å². The van der Waals surface area contributed by atoms with E-state index in [-0.39, 0.29) is 12.5 Å². The number of aromatic nitrogens is 4. The fourth-order valence-electron chi connectivity index (χ4n) is 1.75. The molecule has 0 unspecified atom stereocenters. The van der Waals surface area contributed by atoms with Gasteiger partial charge in [-0.1, -0.05) is 22.0 Å². The van der Waals surface area contributed by atoms with Crippen LogP contribution in [0.4, 0.5) is 0 Å². The molecule has 0 saturated carbocycles. The van der Waals surface area contributed by atoms with E-state index in [0.29, 0.717) is 10.7 Å². The SMILES string of the molecule is O=C(NCc1nnnn1-c1ccc(Br)cc1)c1cccs1. The summed E-state index contributed by atoms with van der Waals surface area (Å²) in [5.74, 6) is 0.442. The standard InChI is InChI=1S/C13H10BrN5OS/c14-9-3-5-10(6-4-9)19-12(16-17-18-19)8-15-13(20)11-2-1-7-21-11/h1-7H,8H2,(H,15,20). The van der Waals surface area contributed by atoms with Crippen molar-refractivity contribution >= 4 is 33.2 Å². The molecule has 0 saturated heterocycles. The number of hydrogen-bond acceptors (Lipinski definition) is 5. The number of hydrogen-bond donors (Lipinski definition) is 1. The first-order valence-electron chi connectivity index (χ1n) is 6.09. The summed E-state index contributed by atoms with van der Waals surface area (Å²) in [4.78, 5) is 12.6. The van der Waals surface area contributed by atoms with Crippen LogP contribution in [0.2, 0.25) is 0 Å². The topological polar surface area (TPSA) is 72.7 Å². The highest BCUT2D eigenvalue weighted by molar-refractivity contribution is 9.10. The molecular weight excluding hydrogens is 354 g/mol. The van der Waals surface area contributed by atoms with Gasteiger partial charge < -0.3 is 5.32 Å². The maximum atomic E-state index is 11.9. The Morgan fingerprint density at radius 3 is 2.81 bits per heavy atom. The van der Waals surface area contributed by atoms with Crippen molar-refractivity contribution in [3.8, 4) is 5.69 Å². The van der Waals surface area contributed by atoms with Gasteiger partial charge in [0, 0.05) is 4.47 Å². The monoisotopic (exact) mass is 363 g/mol. The third kappa shape index (κ3) is 3.17. The van der Waals surface area contributed by atoms with Crippen LogP contribution >= 0.6 is 27.3 Å². The van der Waals surface area contributed by atoms with Gasteiger partial charge >= 0.3 is 0 Å². The second kappa shape index (κ2) is 6.15. The molecule has 0 atom stereocenters. The molecule has 0 fully saturated rings. The Bertz CT molecular complexity index is 738. The zero-order valence-electron chi connectivity index (χ0n) is 10.7. The van der Waals surface area contributed by atoms with Gasteiger partial charge in [0.15, 0.2) is 5.82 Å². The lowest BCUT2D eigenvalue weighted by Crippen LogP contribution is -2.23. The minimum atomic E-state index is -0.129. The van der Waals surface area contributed by atoms with Gasteiger partial charge in [0.25, 0.3) is 5.91 Å². The van der Waals surface area contributed by atoms with Crippen molar-refractivity contribution < 1.29 is 4.79 Å². The fraction of sp³-hybridized carbons (Fsp3) is 0.0769. The van der Waals surface area contributed by atoms with Crippen LogP contribution in [0.5, 0.6) is 0 Å². The predicted molar refractivity (Wildman–Crippen MR) is 82.3 cm³/mol. The number of halogens is 1. The highest BCUT2D eigenvalue weighted by Crippen LogP contribution is 2.14.